The van der Waals surface area contributed by atoms with Crippen molar-refractivity contribution < 1.29 is 23.9 Å². The fourth-order valence-corrected chi connectivity index (χ4v) is 3.24. The summed E-state index contributed by atoms with van der Waals surface area (Å²) in [5, 5.41) is 18.8. The fraction of sp³-hybridized carbons (Fsp3) is 0.350. The first-order valence-corrected chi connectivity index (χ1v) is 9.08. The Morgan fingerprint density at radius 3 is 2.50 bits per heavy atom. The molecule has 1 aliphatic rings. The molecule has 3 rings (SSSR count). The highest BCUT2D eigenvalue weighted by Crippen LogP contribution is 2.31. The van der Waals surface area contributed by atoms with Gasteiger partial charge in [-0.3, -0.25) is 19.7 Å². The van der Waals surface area contributed by atoms with E-state index in [-0.39, 0.29) is 23.0 Å². The number of phenolic OH excluding ortho intramolecular Hbond substituents is 1. The minimum atomic E-state index is -0.844. The number of nitrogens with one attached hydrogen (secondary N) is 3. The van der Waals surface area contributed by atoms with Gasteiger partial charge in [-0.25, -0.2) is 0 Å². The normalized spacial score (nSPS) is 19.8. The maximum Gasteiger partial charge on any atom is 0.254 e. The number of aromatic hydroxyl groups is 1. The molecule has 1 aliphatic carbocycles. The predicted molar refractivity (Wildman–Crippen MR) is 102 cm³/mol. The lowest BCUT2D eigenvalue weighted by atomic mass is 9.82. The molecular formula is C20H23N3O5. The molecule has 1 saturated carbocycles. The van der Waals surface area contributed by atoms with Crippen molar-refractivity contribution in [3.63, 3.8) is 0 Å². The number of para-hydroxylation sites is 1. The third-order valence-electron chi connectivity index (χ3n) is 4.85. The maximum atomic E-state index is 12.1. The van der Waals surface area contributed by atoms with E-state index in [9.17, 15) is 19.5 Å². The van der Waals surface area contributed by atoms with Crippen molar-refractivity contribution in [2.75, 3.05) is 12.4 Å². The molecule has 1 heterocycles. The summed E-state index contributed by atoms with van der Waals surface area (Å²) in [6.07, 6.45) is 0.662. The number of furan rings is 1. The average Bonchev–Trinajstić information content (AvgIpc) is 3.13. The number of rotatable bonds is 7. The van der Waals surface area contributed by atoms with Crippen LogP contribution in [0.25, 0.3) is 0 Å². The highest BCUT2D eigenvalue weighted by Gasteiger charge is 2.50. The van der Waals surface area contributed by atoms with Gasteiger partial charge < -0.3 is 20.2 Å². The van der Waals surface area contributed by atoms with E-state index in [0.717, 1.165) is 5.76 Å². The van der Waals surface area contributed by atoms with E-state index < -0.39 is 29.6 Å². The maximum absolute atomic E-state index is 12.1. The second-order valence-corrected chi connectivity index (χ2v) is 6.68. The Morgan fingerprint density at radius 2 is 1.89 bits per heavy atom. The number of carbonyl (C=O) groups is 3. The van der Waals surface area contributed by atoms with Gasteiger partial charge in [-0.1, -0.05) is 13.0 Å². The number of amides is 1. The zero-order valence-electron chi connectivity index (χ0n) is 15.9. The van der Waals surface area contributed by atoms with Crippen molar-refractivity contribution in [2.45, 2.75) is 38.4 Å². The first-order chi connectivity index (χ1) is 13.4. The average molecular weight is 385 g/mol. The monoisotopic (exact) mass is 385 g/mol. The predicted octanol–water partition coefficient (Wildman–Crippen LogP) is 1.70. The van der Waals surface area contributed by atoms with Crippen LogP contribution in [0.3, 0.4) is 0 Å². The van der Waals surface area contributed by atoms with Gasteiger partial charge in [0.2, 0.25) is 11.6 Å². The van der Waals surface area contributed by atoms with Crippen LogP contribution in [0.4, 0.5) is 5.69 Å². The van der Waals surface area contributed by atoms with Crippen molar-refractivity contribution in [3.05, 3.63) is 47.4 Å². The van der Waals surface area contributed by atoms with Gasteiger partial charge in [0.25, 0.3) is 5.91 Å². The molecule has 0 aliphatic heterocycles. The van der Waals surface area contributed by atoms with Crippen LogP contribution in [0, 0.1) is 6.92 Å². The number of aryl methyl sites for hydroxylation is 1. The molecule has 8 heteroatoms. The number of Topliss-reactive ketones (excluding diaryl/α,β-unsaturated/α-hetero) is 2. The van der Waals surface area contributed by atoms with Crippen molar-refractivity contribution in [1.29, 1.82) is 0 Å². The Morgan fingerprint density at radius 1 is 1.18 bits per heavy atom. The number of phenols is 1. The van der Waals surface area contributed by atoms with Gasteiger partial charge in [0, 0.05) is 7.05 Å². The minimum Gasteiger partial charge on any atom is -0.505 e. The molecule has 1 amide bonds. The first kappa shape index (κ1) is 19.6. The smallest absolute Gasteiger partial charge is 0.254 e. The Hall–Kier alpha value is -3.13. The number of benzene rings is 1. The minimum absolute atomic E-state index is 0.0765. The van der Waals surface area contributed by atoms with Gasteiger partial charge in [-0.15, -0.1) is 0 Å². The van der Waals surface area contributed by atoms with E-state index in [2.05, 4.69) is 16.0 Å². The lowest BCUT2D eigenvalue weighted by Gasteiger charge is -2.37. The van der Waals surface area contributed by atoms with Crippen LogP contribution in [0.2, 0.25) is 0 Å². The fourth-order valence-electron chi connectivity index (χ4n) is 3.24. The number of hydrogen-bond donors (Lipinski definition) is 4. The summed E-state index contributed by atoms with van der Waals surface area (Å²) < 4.78 is 5.63. The molecule has 4 N–H and O–H groups in total. The number of anilines is 1. The van der Waals surface area contributed by atoms with Crippen molar-refractivity contribution in [3.8, 4) is 5.75 Å². The van der Waals surface area contributed by atoms with Gasteiger partial charge in [-0.2, -0.15) is 0 Å². The van der Waals surface area contributed by atoms with E-state index >= 15 is 0 Å². The lowest BCUT2D eigenvalue weighted by molar-refractivity contribution is -0.145. The quantitative estimate of drug-likeness (QED) is 0.423. The van der Waals surface area contributed by atoms with Crippen LogP contribution in [0.1, 0.15) is 41.3 Å². The standard InChI is InChI=1S/C20H23N3O5/c1-4-12(14-9-8-10(2)28-14)22-15-16(19(26)18(15)25)23-13-7-5-6-11(17(13)24)20(27)21-3/h5-9,12,15-16,22-24H,4H2,1-3H3,(H,21,27)/t12-,15?,16?/m1/s1. The Balaban J connectivity index is 1.79. The van der Waals surface area contributed by atoms with E-state index in [1.807, 2.05) is 26.0 Å². The topological polar surface area (TPSA) is 121 Å². The molecule has 3 atom stereocenters. The summed E-state index contributed by atoms with van der Waals surface area (Å²) >= 11 is 0. The summed E-state index contributed by atoms with van der Waals surface area (Å²) in [7, 11) is 1.46. The molecule has 148 valence electrons. The summed E-state index contributed by atoms with van der Waals surface area (Å²) in [5.41, 5.74) is 0.285. The van der Waals surface area contributed by atoms with Gasteiger partial charge in [0.05, 0.1) is 17.3 Å². The molecule has 1 aromatic heterocycles. The largest absolute Gasteiger partial charge is 0.505 e. The van der Waals surface area contributed by atoms with Gasteiger partial charge >= 0.3 is 0 Å². The van der Waals surface area contributed by atoms with Gasteiger partial charge in [0.1, 0.15) is 23.6 Å². The molecule has 0 spiro atoms. The first-order valence-electron chi connectivity index (χ1n) is 9.08. The van der Waals surface area contributed by atoms with E-state index in [1.54, 1.807) is 12.1 Å². The molecule has 0 bridgehead atoms. The van der Waals surface area contributed by atoms with Crippen molar-refractivity contribution >= 4 is 23.2 Å². The van der Waals surface area contributed by atoms with Crippen LogP contribution in [-0.4, -0.2) is 41.7 Å². The molecule has 2 aromatic rings. The molecule has 1 fully saturated rings. The number of ketones is 2. The third-order valence-corrected chi connectivity index (χ3v) is 4.85. The van der Waals surface area contributed by atoms with Crippen molar-refractivity contribution in [1.82, 2.24) is 10.6 Å². The zero-order valence-corrected chi connectivity index (χ0v) is 15.9. The summed E-state index contributed by atoms with van der Waals surface area (Å²) in [6.45, 7) is 3.78. The van der Waals surface area contributed by atoms with Crippen LogP contribution < -0.4 is 16.0 Å². The molecule has 2 unspecified atom stereocenters. The zero-order chi connectivity index (χ0) is 20.4. The lowest BCUT2D eigenvalue weighted by Crippen LogP contribution is -2.67. The Labute approximate surface area is 162 Å². The van der Waals surface area contributed by atoms with E-state index in [1.165, 1.54) is 13.1 Å². The molecule has 0 saturated heterocycles. The summed E-state index contributed by atoms with van der Waals surface area (Å²) in [4.78, 5) is 36.1. The molecule has 28 heavy (non-hydrogen) atoms. The molecule has 1 aromatic carbocycles. The molecule has 0 radical (unpaired) electrons. The highest BCUT2D eigenvalue weighted by molar-refractivity contribution is 6.49. The summed E-state index contributed by atoms with van der Waals surface area (Å²) in [6, 6.07) is 6.44. The van der Waals surface area contributed by atoms with Crippen LogP contribution in [0.15, 0.2) is 34.7 Å². The van der Waals surface area contributed by atoms with E-state index in [0.29, 0.717) is 12.2 Å². The Bertz CT molecular complexity index is 920. The second-order valence-electron chi connectivity index (χ2n) is 6.68. The van der Waals surface area contributed by atoms with Gasteiger partial charge in [-0.05, 0) is 37.6 Å². The highest BCUT2D eigenvalue weighted by atomic mass is 16.3. The van der Waals surface area contributed by atoms with Crippen LogP contribution in [-0.2, 0) is 9.59 Å². The molecular weight excluding hydrogens is 362 g/mol. The number of hydrogen-bond acceptors (Lipinski definition) is 7. The summed E-state index contributed by atoms with van der Waals surface area (Å²) in [5.74, 6) is -0.381. The van der Waals surface area contributed by atoms with Crippen LogP contribution in [0.5, 0.6) is 5.75 Å². The third kappa shape index (κ3) is 3.50. The van der Waals surface area contributed by atoms with E-state index in [4.69, 9.17) is 4.42 Å². The Kier molecular flexibility index (Phi) is 5.51. The van der Waals surface area contributed by atoms with Crippen molar-refractivity contribution in [2.24, 2.45) is 0 Å². The van der Waals surface area contributed by atoms with Crippen LogP contribution >= 0.6 is 0 Å². The number of carbonyl (C=O) groups excluding carboxylic acids is 3. The SMILES string of the molecule is CC[C@@H](NC1C(=O)C(=O)C1Nc1cccc(C(=O)NC)c1O)c1ccc(C)o1. The molecule has 8 nitrogen and oxygen atoms in total. The second kappa shape index (κ2) is 7.85. The van der Waals surface area contributed by atoms with Gasteiger partial charge in [0.15, 0.2) is 5.75 Å².